The minimum atomic E-state index is 0.476. The fourth-order valence-corrected chi connectivity index (χ4v) is 2.71. The van der Waals surface area contributed by atoms with Crippen molar-refractivity contribution in [3.8, 4) is 0 Å². The average Bonchev–Trinajstić information content (AvgIpc) is 3.09. The molecule has 1 unspecified atom stereocenters. The summed E-state index contributed by atoms with van der Waals surface area (Å²) in [5.74, 6) is 1.44. The van der Waals surface area contributed by atoms with Gasteiger partial charge < -0.3 is 10.6 Å². The number of nitrogens with two attached hydrogens (primary N) is 1. The Morgan fingerprint density at radius 2 is 2.24 bits per heavy atom. The highest BCUT2D eigenvalue weighted by atomic mass is 15.2. The van der Waals surface area contributed by atoms with Crippen LogP contribution in [0.4, 0.5) is 5.69 Å². The van der Waals surface area contributed by atoms with Crippen molar-refractivity contribution in [2.24, 2.45) is 11.7 Å². The lowest BCUT2D eigenvalue weighted by Gasteiger charge is -2.20. The fourth-order valence-electron chi connectivity index (χ4n) is 2.71. The molecule has 0 spiro atoms. The molecule has 2 nitrogen and oxygen atoms in total. The number of fused-ring (bicyclic) bond motifs is 1. The van der Waals surface area contributed by atoms with Gasteiger partial charge in [-0.3, -0.25) is 0 Å². The van der Waals surface area contributed by atoms with E-state index >= 15 is 0 Å². The molecule has 0 saturated heterocycles. The highest BCUT2D eigenvalue weighted by Gasteiger charge is 2.28. The van der Waals surface area contributed by atoms with E-state index in [9.17, 15) is 0 Å². The first-order valence-corrected chi connectivity index (χ1v) is 6.85. The Bertz CT molecular complexity index is 409. The number of anilines is 1. The summed E-state index contributed by atoms with van der Waals surface area (Å²) in [6.07, 6.45) is 4.09. The standard InChI is InChI=1S/C15H22N2/c1-11(9-16)14-5-4-13-6-7-17(15(13)8-14)10-12-2-3-12/h4-5,8,11-12H,2-3,6-7,9-10,16H2,1H3. The van der Waals surface area contributed by atoms with E-state index in [0.717, 1.165) is 12.5 Å². The van der Waals surface area contributed by atoms with Crippen molar-refractivity contribution < 1.29 is 0 Å². The summed E-state index contributed by atoms with van der Waals surface area (Å²) >= 11 is 0. The van der Waals surface area contributed by atoms with Gasteiger partial charge >= 0.3 is 0 Å². The lowest BCUT2D eigenvalue weighted by molar-refractivity contribution is 0.744. The number of hydrogen-bond acceptors (Lipinski definition) is 2. The van der Waals surface area contributed by atoms with Crippen LogP contribution in [0.5, 0.6) is 0 Å². The van der Waals surface area contributed by atoms with Crippen molar-refractivity contribution in [3.05, 3.63) is 29.3 Å². The Labute approximate surface area is 104 Å². The molecule has 0 amide bonds. The maximum Gasteiger partial charge on any atom is 0.0402 e. The molecule has 2 aliphatic rings. The third kappa shape index (κ3) is 2.19. The van der Waals surface area contributed by atoms with Gasteiger partial charge in [0.1, 0.15) is 0 Å². The zero-order valence-corrected chi connectivity index (χ0v) is 10.7. The highest BCUT2D eigenvalue weighted by molar-refractivity contribution is 5.60. The molecule has 0 radical (unpaired) electrons. The highest BCUT2D eigenvalue weighted by Crippen LogP contribution is 2.36. The van der Waals surface area contributed by atoms with Crippen LogP contribution >= 0.6 is 0 Å². The van der Waals surface area contributed by atoms with E-state index < -0.39 is 0 Å². The number of benzene rings is 1. The van der Waals surface area contributed by atoms with Crippen molar-refractivity contribution in [3.63, 3.8) is 0 Å². The van der Waals surface area contributed by atoms with Gasteiger partial charge in [0, 0.05) is 18.8 Å². The third-order valence-corrected chi connectivity index (χ3v) is 4.20. The van der Waals surface area contributed by atoms with E-state index in [1.807, 2.05) is 0 Å². The molecule has 17 heavy (non-hydrogen) atoms. The molecule has 2 N–H and O–H groups in total. The van der Waals surface area contributed by atoms with Gasteiger partial charge in [-0.2, -0.15) is 0 Å². The quantitative estimate of drug-likeness (QED) is 0.861. The first-order valence-electron chi connectivity index (χ1n) is 6.85. The molecule has 1 aromatic carbocycles. The second kappa shape index (κ2) is 4.34. The molecule has 2 heteroatoms. The average molecular weight is 230 g/mol. The van der Waals surface area contributed by atoms with Gasteiger partial charge in [0.25, 0.3) is 0 Å². The largest absolute Gasteiger partial charge is 0.371 e. The van der Waals surface area contributed by atoms with Crippen molar-refractivity contribution in [2.75, 3.05) is 24.5 Å². The molecular formula is C15H22N2. The molecule has 3 rings (SSSR count). The maximum atomic E-state index is 5.76. The zero-order chi connectivity index (χ0) is 11.8. The van der Waals surface area contributed by atoms with Crippen LogP contribution in [0.15, 0.2) is 18.2 Å². The topological polar surface area (TPSA) is 29.3 Å². The van der Waals surface area contributed by atoms with Crippen LogP contribution in [0.3, 0.4) is 0 Å². The van der Waals surface area contributed by atoms with Gasteiger partial charge in [0.15, 0.2) is 0 Å². The molecule has 92 valence electrons. The molecule has 1 heterocycles. The second-order valence-electron chi connectivity index (χ2n) is 5.66. The Kier molecular flexibility index (Phi) is 2.83. The van der Waals surface area contributed by atoms with Crippen LogP contribution in [0, 0.1) is 5.92 Å². The van der Waals surface area contributed by atoms with Crippen molar-refractivity contribution in [1.29, 1.82) is 0 Å². The normalized spacial score (nSPS) is 20.5. The van der Waals surface area contributed by atoms with Crippen molar-refractivity contribution in [1.82, 2.24) is 0 Å². The molecule has 1 aliphatic heterocycles. The minimum Gasteiger partial charge on any atom is -0.371 e. The summed E-state index contributed by atoms with van der Waals surface area (Å²) in [4.78, 5) is 2.58. The van der Waals surface area contributed by atoms with Crippen LogP contribution < -0.4 is 10.6 Å². The van der Waals surface area contributed by atoms with Gasteiger partial charge in [-0.15, -0.1) is 0 Å². The minimum absolute atomic E-state index is 0.476. The molecular weight excluding hydrogens is 208 g/mol. The molecule has 1 aliphatic carbocycles. The van der Waals surface area contributed by atoms with Crippen LogP contribution in [-0.2, 0) is 6.42 Å². The first-order chi connectivity index (χ1) is 8.28. The summed E-state index contributed by atoms with van der Waals surface area (Å²) in [6.45, 7) is 5.43. The van der Waals surface area contributed by atoms with Crippen LogP contribution in [0.25, 0.3) is 0 Å². The van der Waals surface area contributed by atoms with Gasteiger partial charge in [0.2, 0.25) is 0 Å². The fraction of sp³-hybridized carbons (Fsp3) is 0.600. The van der Waals surface area contributed by atoms with E-state index in [4.69, 9.17) is 5.73 Å². The van der Waals surface area contributed by atoms with Gasteiger partial charge in [-0.25, -0.2) is 0 Å². The van der Waals surface area contributed by atoms with Crippen molar-refractivity contribution in [2.45, 2.75) is 32.1 Å². The smallest absolute Gasteiger partial charge is 0.0402 e. The van der Waals surface area contributed by atoms with Crippen LogP contribution in [-0.4, -0.2) is 19.6 Å². The Morgan fingerprint density at radius 3 is 2.94 bits per heavy atom. The van der Waals surface area contributed by atoms with E-state index in [0.29, 0.717) is 5.92 Å². The number of nitrogens with zero attached hydrogens (tertiary/aromatic N) is 1. The summed E-state index contributed by atoms with van der Waals surface area (Å²) in [7, 11) is 0. The second-order valence-corrected chi connectivity index (χ2v) is 5.66. The SMILES string of the molecule is CC(CN)c1ccc2c(c1)N(CC1CC1)CC2. The van der Waals surface area contributed by atoms with Crippen molar-refractivity contribution >= 4 is 5.69 Å². The summed E-state index contributed by atoms with van der Waals surface area (Å²) in [5.41, 5.74) is 10.2. The molecule has 0 aromatic heterocycles. The van der Waals surface area contributed by atoms with Gasteiger partial charge in [-0.05, 0) is 54.8 Å². The third-order valence-electron chi connectivity index (χ3n) is 4.20. The Morgan fingerprint density at radius 1 is 1.41 bits per heavy atom. The summed E-state index contributed by atoms with van der Waals surface area (Å²) in [6, 6.07) is 6.95. The predicted molar refractivity (Wildman–Crippen MR) is 72.6 cm³/mol. The maximum absolute atomic E-state index is 5.76. The summed E-state index contributed by atoms with van der Waals surface area (Å²) < 4.78 is 0. The van der Waals surface area contributed by atoms with E-state index in [1.165, 1.54) is 49.2 Å². The lowest BCUT2D eigenvalue weighted by Crippen LogP contribution is -2.23. The molecule has 1 atom stereocenters. The number of rotatable bonds is 4. The first kappa shape index (κ1) is 11.1. The lowest BCUT2D eigenvalue weighted by atomic mass is 9.99. The predicted octanol–water partition coefficient (Wildman–Crippen LogP) is 2.52. The molecule has 1 fully saturated rings. The summed E-state index contributed by atoms with van der Waals surface area (Å²) in [5, 5.41) is 0. The monoisotopic (exact) mass is 230 g/mol. The van der Waals surface area contributed by atoms with Gasteiger partial charge in [0.05, 0.1) is 0 Å². The molecule has 0 bridgehead atoms. The van der Waals surface area contributed by atoms with E-state index in [-0.39, 0.29) is 0 Å². The van der Waals surface area contributed by atoms with Crippen LogP contribution in [0.2, 0.25) is 0 Å². The van der Waals surface area contributed by atoms with Gasteiger partial charge in [-0.1, -0.05) is 19.1 Å². The number of hydrogen-bond donors (Lipinski definition) is 1. The Hall–Kier alpha value is -1.02. The molecule has 1 aromatic rings. The Balaban J connectivity index is 1.84. The van der Waals surface area contributed by atoms with E-state index in [2.05, 4.69) is 30.0 Å². The zero-order valence-electron chi connectivity index (χ0n) is 10.7. The van der Waals surface area contributed by atoms with Crippen LogP contribution in [0.1, 0.15) is 36.8 Å². The molecule has 1 saturated carbocycles. The van der Waals surface area contributed by atoms with E-state index in [1.54, 1.807) is 0 Å².